The Balaban J connectivity index is 0.000000647. The van der Waals surface area contributed by atoms with Crippen molar-refractivity contribution in [3.8, 4) is 5.75 Å². The van der Waals surface area contributed by atoms with E-state index in [2.05, 4.69) is 9.97 Å². The minimum atomic E-state index is -0.813. The minimum Gasteiger partial charge on any atom is -0.497 e. The highest BCUT2D eigenvalue weighted by atomic mass is 16.5. The SMILES string of the molecule is COc1ccc(C2CN(CC(=O)O)Cc3[nH]cnc32)cc1.O=CO. The van der Waals surface area contributed by atoms with Gasteiger partial charge in [0.2, 0.25) is 0 Å². The first-order valence-corrected chi connectivity index (χ1v) is 7.27. The Hall–Kier alpha value is -2.87. The number of aromatic amines is 1. The molecule has 0 fully saturated rings. The highest BCUT2D eigenvalue weighted by Crippen LogP contribution is 2.32. The van der Waals surface area contributed by atoms with Gasteiger partial charge in [0.15, 0.2) is 0 Å². The van der Waals surface area contributed by atoms with Crippen LogP contribution >= 0.6 is 0 Å². The molecule has 1 aliphatic rings. The Bertz CT molecular complexity index is 683. The van der Waals surface area contributed by atoms with Gasteiger partial charge < -0.3 is 19.9 Å². The van der Waals surface area contributed by atoms with Crippen LogP contribution in [0.4, 0.5) is 0 Å². The van der Waals surface area contributed by atoms with E-state index in [1.807, 2.05) is 29.2 Å². The molecule has 2 heterocycles. The van der Waals surface area contributed by atoms with Gasteiger partial charge in [-0.1, -0.05) is 12.1 Å². The summed E-state index contributed by atoms with van der Waals surface area (Å²) in [5.74, 6) is 0.0657. The third-order valence-electron chi connectivity index (χ3n) is 3.78. The normalized spacial score (nSPS) is 16.5. The molecule has 1 aromatic carbocycles. The number of ether oxygens (including phenoxy) is 1. The Morgan fingerprint density at radius 1 is 1.46 bits per heavy atom. The van der Waals surface area contributed by atoms with E-state index in [1.165, 1.54) is 0 Å². The summed E-state index contributed by atoms with van der Waals surface area (Å²) in [6.45, 7) is 1.02. The first kappa shape index (κ1) is 17.5. The number of imidazole rings is 1. The smallest absolute Gasteiger partial charge is 0.317 e. The van der Waals surface area contributed by atoms with Crippen molar-refractivity contribution in [2.45, 2.75) is 12.5 Å². The number of hydrogen-bond donors (Lipinski definition) is 3. The molecule has 128 valence electrons. The Morgan fingerprint density at radius 3 is 2.71 bits per heavy atom. The topological polar surface area (TPSA) is 116 Å². The lowest BCUT2D eigenvalue weighted by atomic mass is 9.91. The number of H-pyrrole nitrogens is 1. The predicted octanol–water partition coefficient (Wildman–Crippen LogP) is 1.15. The van der Waals surface area contributed by atoms with Gasteiger partial charge in [-0.2, -0.15) is 0 Å². The number of aliphatic carboxylic acids is 1. The predicted molar refractivity (Wildman–Crippen MR) is 85.0 cm³/mol. The van der Waals surface area contributed by atoms with Crippen molar-refractivity contribution in [1.29, 1.82) is 0 Å². The maximum atomic E-state index is 11.0. The van der Waals surface area contributed by atoms with Crippen molar-refractivity contribution in [2.24, 2.45) is 0 Å². The van der Waals surface area contributed by atoms with Gasteiger partial charge in [0, 0.05) is 19.0 Å². The zero-order valence-corrected chi connectivity index (χ0v) is 13.2. The third-order valence-corrected chi connectivity index (χ3v) is 3.78. The zero-order valence-electron chi connectivity index (χ0n) is 13.2. The van der Waals surface area contributed by atoms with Crippen molar-refractivity contribution in [3.63, 3.8) is 0 Å². The molecule has 0 saturated heterocycles. The molecule has 1 atom stereocenters. The summed E-state index contributed by atoms with van der Waals surface area (Å²) in [4.78, 5) is 28.8. The summed E-state index contributed by atoms with van der Waals surface area (Å²) < 4.78 is 5.17. The number of nitrogens with one attached hydrogen (secondary N) is 1. The maximum Gasteiger partial charge on any atom is 0.317 e. The van der Waals surface area contributed by atoms with Gasteiger partial charge in [0.25, 0.3) is 6.47 Å². The summed E-state index contributed by atoms with van der Waals surface area (Å²) in [5.41, 5.74) is 3.10. The largest absolute Gasteiger partial charge is 0.497 e. The summed E-state index contributed by atoms with van der Waals surface area (Å²) >= 11 is 0. The molecule has 1 unspecified atom stereocenters. The molecule has 24 heavy (non-hydrogen) atoms. The lowest BCUT2D eigenvalue weighted by molar-refractivity contribution is -0.138. The molecular weight excluding hydrogens is 314 g/mol. The highest BCUT2D eigenvalue weighted by Gasteiger charge is 2.29. The lowest BCUT2D eigenvalue weighted by Crippen LogP contribution is -2.37. The van der Waals surface area contributed by atoms with Crippen LogP contribution in [-0.4, -0.2) is 57.7 Å². The molecular formula is C16H19N3O5. The van der Waals surface area contributed by atoms with Crippen molar-refractivity contribution in [3.05, 3.63) is 47.5 Å². The second kappa shape index (κ2) is 8.11. The van der Waals surface area contributed by atoms with Gasteiger partial charge in [-0.25, -0.2) is 4.98 Å². The number of carbonyl (C=O) groups is 2. The first-order chi connectivity index (χ1) is 11.6. The van der Waals surface area contributed by atoms with Crippen molar-refractivity contribution >= 4 is 12.4 Å². The second-order valence-electron chi connectivity index (χ2n) is 5.26. The van der Waals surface area contributed by atoms with Crippen molar-refractivity contribution in [2.75, 3.05) is 20.2 Å². The van der Waals surface area contributed by atoms with E-state index < -0.39 is 5.97 Å². The Labute approximate surface area is 138 Å². The molecule has 1 aliphatic heterocycles. The van der Waals surface area contributed by atoms with E-state index in [-0.39, 0.29) is 18.9 Å². The number of rotatable bonds is 4. The standard InChI is InChI=1S/C15H17N3O3.CH2O2/c1-21-11-4-2-10(3-5-11)12-6-18(8-14(19)20)7-13-15(12)17-9-16-13;2-1-3/h2-5,9,12H,6-8H2,1H3,(H,16,17)(H,19,20);1H,(H,2,3). The van der Waals surface area contributed by atoms with Crippen LogP contribution in [0.1, 0.15) is 22.9 Å². The number of carboxylic acid groups (broad SMARTS) is 2. The molecule has 0 radical (unpaired) electrons. The summed E-state index contributed by atoms with van der Waals surface area (Å²) in [6.07, 6.45) is 1.67. The van der Waals surface area contributed by atoms with Crippen LogP contribution in [0.25, 0.3) is 0 Å². The fourth-order valence-electron chi connectivity index (χ4n) is 2.80. The van der Waals surface area contributed by atoms with E-state index in [0.717, 1.165) is 22.7 Å². The maximum absolute atomic E-state index is 11.0. The van der Waals surface area contributed by atoms with Crippen LogP contribution in [0.5, 0.6) is 5.75 Å². The molecule has 1 aromatic heterocycles. The molecule has 0 aliphatic carbocycles. The molecule has 0 bridgehead atoms. The van der Waals surface area contributed by atoms with Crippen LogP contribution in [-0.2, 0) is 16.1 Å². The summed E-state index contributed by atoms with van der Waals surface area (Å²) in [6, 6.07) is 7.84. The van der Waals surface area contributed by atoms with E-state index in [1.54, 1.807) is 13.4 Å². The third kappa shape index (κ3) is 4.11. The van der Waals surface area contributed by atoms with Crippen molar-refractivity contribution in [1.82, 2.24) is 14.9 Å². The zero-order chi connectivity index (χ0) is 17.5. The monoisotopic (exact) mass is 333 g/mol. The summed E-state index contributed by atoms with van der Waals surface area (Å²) in [5, 5.41) is 15.9. The van der Waals surface area contributed by atoms with Crippen LogP contribution in [0.3, 0.4) is 0 Å². The molecule has 8 nitrogen and oxygen atoms in total. The molecule has 8 heteroatoms. The molecule has 3 rings (SSSR count). The van der Waals surface area contributed by atoms with Gasteiger partial charge in [-0.05, 0) is 17.7 Å². The molecule has 0 spiro atoms. The first-order valence-electron chi connectivity index (χ1n) is 7.27. The van der Waals surface area contributed by atoms with Crippen LogP contribution in [0.2, 0.25) is 0 Å². The Kier molecular flexibility index (Phi) is 5.91. The van der Waals surface area contributed by atoms with Gasteiger partial charge in [-0.3, -0.25) is 14.5 Å². The summed E-state index contributed by atoms with van der Waals surface area (Å²) in [7, 11) is 1.63. The molecule has 0 saturated carbocycles. The van der Waals surface area contributed by atoms with Gasteiger partial charge in [0.1, 0.15) is 5.75 Å². The number of nitrogens with zero attached hydrogens (tertiary/aromatic N) is 2. The number of fused-ring (bicyclic) bond motifs is 1. The van der Waals surface area contributed by atoms with Crippen LogP contribution < -0.4 is 4.74 Å². The second-order valence-corrected chi connectivity index (χ2v) is 5.26. The van der Waals surface area contributed by atoms with E-state index in [4.69, 9.17) is 19.7 Å². The van der Waals surface area contributed by atoms with E-state index in [9.17, 15) is 4.79 Å². The average Bonchev–Trinajstić information content (AvgIpc) is 3.03. The fourth-order valence-corrected chi connectivity index (χ4v) is 2.80. The van der Waals surface area contributed by atoms with Crippen LogP contribution in [0, 0.1) is 0 Å². The molecule has 2 aromatic rings. The van der Waals surface area contributed by atoms with E-state index in [0.29, 0.717) is 13.1 Å². The fraction of sp³-hybridized carbons (Fsp3) is 0.312. The highest BCUT2D eigenvalue weighted by molar-refractivity contribution is 5.69. The number of carboxylic acids is 1. The Morgan fingerprint density at radius 2 is 2.12 bits per heavy atom. The van der Waals surface area contributed by atoms with Gasteiger partial charge in [0.05, 0.1) is 31.4 Å². The number of methoxy groups -OCH3 is 1. The van der Waals surface area contributed by atoms with E-state index >= 15 is 0 Å². The number of hydrogen-bond acceptors (Lipinski definition) is 5. The van der Waals surface area contributed by atoms with Gasteiger partial charge in [-0.15, -0.1) is 0 Å². The van der Waals surface area contributed by atoms with Crippen molar-refractivity contribution < 1.29 is 24.5 Å². The number of aromatic nitrogens is 2. The number of benzene rings is 1. The quantitative estimate of drug-likeness (QED) is 0.719. The lowest BCUT2D eigenvalue weighted by Gasteiger charge is -2.31. The van der Waals surface area contributed by atoms with Gasteiger partial charge >= 0.3 is 5.97 Å². The minimum absolute atomic E-state index is 0.0329. The molecule has 0 amide bonds. The molecule has 3 N–H and O–H groups in total. The average molecular weight is 333 g/mol. The van der Waals surface area contributed by atoms with Crippen LogP contribution in [0.15, 0.2) is 30.6 Å².